The lowest BCUT2D eigenvalue weighted by Gasteiger charge is -2.15. The summed E-state index contributed by atoms with van der Waals surface area (Å²) in [5.41, 5.74) is 0.919. The van der Waals surface area contributed by atoms with E-state index in [4.69, 9.17) is 0 Å². The number of hydrogen-bond donors (Lipinski definition) is 1. The van der Waals surface area contributed by atoms with Gasteiger partial charge in [-0.2, -0.15) is 0 Å². The fourth-order valence-corrected chi connectivity index (χ4v) is 2.49. The first kappa shape index (κ1) is 14.3. The van der Waals surface area contributed by atoms with Crippen LogP contribution in [-0.2, 0) is 0 Å². The molecular weight excluding hydrogens is 258 g/mol. The third-order valence-electron chi connectivity index (χ3n) is 3.56. The van der Waals surface area contributed by atoms with E-state index >= 15 is 0 Å². The average Bonchev–Trinajstić information content (AvgIpc) is 2.90. The highest BCUT2D eigenvalue weighted by Crippen LogP contribution is 2.30. The molecule has 0 spiro atoms. The molecule has 6 nitrogen and oxygen atoms in total. The Hall–Kier alpha value is -2.11. The van der Waals surface area contributed by atoms with Gasteiger partial charge < -0.3 is 10.2 Å². The molecule has 0 heterocycles. The van der Waals surface area contributed by atoms with Crippen LogP contribution in [0.1, 0.15) is 36.0 Å². The molecule has 0 saturated heterocycles. The summed E-state index contributed by atoms with van der Waals surface area (Å²) < 4.78 is 0. The van der Waals surface area contributed by atoms with E-state index in [0.29, 0.717) is 11.3 Å². The number of nitrogens with one attached hydrogen (secondary N) is 1. The highest BCUT2D eigenvalue weighted by molar-refractivity contribution is 5.95. The molecule has 1 N–H and O–H groups in total. The lowest BCUT2D eigenvalue weighted by molar-refractivity contribution is -0.384. The van der Waals surface area contributed by atoms with Crippen molar-refractivity contribution in [1.29, 1.82) is 0 Å². The van der Waals surface area contributed by atoms with E-state index in [9.17, 15) is 14.9 Å². The largest absolute Gasteiger partial charge is 0.377 e. The summed E-state index contributed by atoms with van der Waals surface area (Å²) in [5, 5.41) is 14.3. The van der Waals surface area contributed by atoms with E-state index in [1.807, 2.05) is 0 Å². The molecule has 1 fully saturated rings. The van der Waals surface area contributed by atoms with Gasteiger partial charge in [-0.15, -0.1) is 0 Å². The number of nitro groups is 1. The van der Waals surface area contributed by atoms with Crippen molar-refractivity contribution in [1.82, 2.24) is 4.90 Å². The Morgan fingerprint density at radius 2 is 2.00 bits per heavy atom. The first-order valence-electron chi connectivity index (χ1n) is 6.75. The number of carbonyl (C=O) groups is 1. The summed E-state index contributed by atoms with van der Waals surface area (Å²) in [7, 11) is 3.32. The molecule has 20 heavy (non-hydrogen) atoms. The molecule has 108 valence electrons. The summed E-state index contributed by atoms with van der Waals surface area (Å²) in [6.45, 7) is 0. The first-order valence-corrected chi connectivity index (χ1v) is 6.75. The molecule has 6 heteroatoms. The van der Waals surface area contributed by atoms with Crippen LogP contribution in [0.4, 0.5) is 11.4 Å². The van der Waals surface area contributed by atoms with Crippen molar-refractivity contribution in [2.75, 3.05) is 19.4 Å². The molecule has 0 unspecified atom stereocenters. The Morgan fingerprint density at radius 3 is 2.55 bits per heavy atom. The van der Waals surface area contributed by atoms with Crippen molar-refractivity contribution in [3.05, 3.63) is 33.9 Å². The molecule has 0 atom stereocenters. The van der Waals surface area contributed by atoms with E-state index < -0.39 is 4.92 Å². The lowest BCUT2D eigenvalue weighted by Crippen LogP contribution is -2.22. The van der Waals surface area contributed by atoms with Crippen LogP contribution in [0.25, 0.3) is 0 Å². The lowest BCUT2D eigenvalue weighted by atomic mass is 10.1. The molecule has 0 bridgehead atoms. The predicted molar refractivity (Wildman–Crippen MR) is 77.0 cm³/mol. The second kappa shape index (κ2) is 5.90. The molecule has 1 saturated carbocycles. The van der Waals surface area contributed by atoms with Crippen molar-refractivity contribution < 1.29 is 9.72 Å². The molecule has 1 aliphatic rings. The van der Waals surface area contributed by atoms with Gasteiger partial charge in [-0.1, -0.05) is 12.8 Å². The Kier molecular flexibility index (Phi) is 4.22. The van der Waals surface area contributed by atoms with Gasteiger partial charge in [0.15, 0.2) is 0 Å². The van der Waals surface area contributed by atoms with Crippen LogP contribution in [0.5, 0.6) is 0 Å². The van der Waals surface area contributed by atoms with Crippen LogP contribution in [0.15, 0.2) is 18.2 Å². The normalized spacial score (nSPS) is 15.1. The van der Waals surface area contributed by atoms with Gasteiger partial charge in [-0.3, -0.25) is 14.9 Å². The summed E-state index contributed by atoms with van der Waals surface area (Å²) in [5.74, 6) is -0.158. The minimum absolute atomic E-state index is 0.0206. The zero-order valence-corrected chi connectivity index (χ0v) is 11.8. The molecule has 0 aromatic heterocycles. The van der Waals surface area contributed by atoms with E-state index in [1.165, 1.54) is 17.0 Å². The minimum Gasteiger partial charge on any atom is -0.377 e. The van der Waals surface area contributed by atoms with Gasteiger partial charge in [0, 0.05) is 31.8 Å². The van der Waals surface area contributed by atoms with Gasteiger partial charge in [0.05, 0.1) is 4.92 Å². The summed E-state index contributed by atoms with van der Waals surface area (Å²) >= 11 is 0. The van der Waals surface area contributed by atoms with E-state index in [1.54, 1.807) is 20.2 Å². The number of benzene rings is 1. The summed E-state index contributed by atoms with van der Waals surface area (Å²) in [6.07, 6.45) is 4.32. The monoisotopic (exact) mass is 277 g/mol. The van der Waals surface area contributed by atoms with Crippen molar-refractivity contribution in [2.45, 2.75) is 31.7 Å². The smallest absolute Gasteiger partial charge is 0.292 e. The van der Waals surface area contributed by atoms with Gasteiger partial charge in [-0.05, 0) is 25.0 Å². The van der Waals surface area contributed by atoms with E-state index in [2.05, 4.69) is 5.32 Å². The molecular formula is C14H19N3O3. The fourth-order valence-electron chi connectivity index (χ4n) is 2.49. The average molecular weight is 277 g/mol. The third kappa shape index (κ3) is 3.07. The van der Waals surface area contributed by atoms with Gasteiger partial charge in [0.1, 0.15) is 5.69 Å². The molecule has 1 aromatic rings. The number of hydrogen-bond acceptors (Lipinski definition) is 4. The van der Waals surface area contributed by atoms with Gasteiger partial charge >= 0.3 is 0 Å². The summed E-state index contributed by atoms with van der Waals surface area (Å²) in [4.78, 5) is 24.1. The topological polar surface area (TPSA) is 75.5 Å². The number of amides is 1. The van der Waals surface area contributed by atoms with Gasteiger partial charge in [-0.25, -0.2) is 0 Å². The highest BCUT2D eigenvalue weighted by atomic mass is 16.6. The van der Waals surface area contributed by atoms with Crippen LogP contribution in [-0.4, -0.2) is 35.9 Å². The van der Waals surface area contributed by atoms with E-state index in [-0.39, 0.29) is 17.6 Å². The Morgan fingerprint density at radius 1 is 1.35 bits per heavy atom. The maximum atomic E-state index is 11.9. The molecule has 1 aromatic carbocycles. The molecule has 1 amide bonds. The second-order valence-electron chi connectivity index (χ2n) is 5.31. The Bertz CT molecular complexity index is 522. The quantitative estimate of drug-likeness (QED) is 0.678. The van der Waals surface area contributed by atoms with E-state index in [0.717, 1.165) is 25.7 Å². The number of rotatable bonds is 4. The molecule has 0 aliphatic heterocycles. The SMILES string of the molecule is CN(C)C(=O)c1ccc([N+](=O)[O-])c(NC2CCCC2)c1. The van der Waals surface area contributed by atoms with Crippen LogP contribution in [0.3, 0.4) is 0 Å². The first-order chi connectivity index (χ1) is 9.49. The number of carbonyl (C=O) groups excluding carboxylic acids is 1. The zero-order chi connectivity index (χ0) is 14.7. The zero-order valence-electron chi connectivity index (χ0n) is 11.8. The standard InChI is InChI=1S/C14H19N3O3/c1-16(2)14(18)10-7-8-13(17(19)20)12(9-10)15-11-5-3-4-6-11/h7-9,11,15H,3-6H2,1-2H3. The van der Waals surface area contributed by atoms with Gasteiger partial charge in [0.2, 0.25) is 0 Å². The predicted octanol–water partition coefficient (Wildman–Crippen LogP) is 2.65. The van der Waals surface area contributed by atoms with Gasteiger partial charge in [0.25, 0.3) is 11.6 Å². The van der Waals surface area contributed by atoms with Crippen molar-refractivity contribution in [3.8, 4) is 0 Å². The third-order valence-corrected chi connectivity index (χ3v) is 3.56. The minimum atomic E-state index is -0.415. The second-order valence-corrected chi connectivity index (χ2v) is 5.31. The fraction of sp³-hybridized carbons (Fsp3) is 0.500. The molecule has 2 rings (SSSR count). The maximum absolute atomic E-state index is 11.9. The Labute approximate surface area is 117 Å². The number of anilines is 1. The number of nitro benzene ring substituents is 1. The van der Waals surface area contributed by atoms with Crippen molar-refractivity contribution >= 4 is 17.3 Å². The van der Waals surface area contributed by atoms with Crippen molar-refractivity contribution in [3.63, 3.8) is 0 Å². The molecule has 0 radical (unpaired) electrons. The molecule has 1 aliphatic carbocycles. The van der Waals surface area contributed by atoms with Crippen LogP contribution in [0.2, 0.25) is 0 Å². The van der Waals surface area contributed by atoms with Crippen LogP contribution >= 0.6 is 0 Å². The number of nitrogens with zero attached hydrogens (tertiary/aromatic N) is 2. The van der Waals surface area contributed by atoms with Crippen LogP contribution in [0, 0.1) is 10.1 Å². The van der Waals surface area contributed by atoms with Crippen LogP contribution < -0.4 is 5.32 Å². The summed E-state index contributed by atoms with van der Waals surface area (Å²) in [6, 6.07) is 4.74. The Balaban J connectivity index is 2.31. The maximum Gasteiger partial charge on any atom is 0.292 e. The van der Waals surface area contributed by atoms with Crippen molar-refractivity contribution in [2.24, 2.45) is 0 Å². The highest BCUT2D eigenvalue weighted by Gasteiger charge is 2.21.